The van der Waals surface area contributed by atoms with E-state index in [1.54, 1.807) is 30.3 Å². The van der Waals surface area contributed by atoms with Gasteiger partial charge in [0, 0.05) is 5.02 Å². The largest absolute Gasteiger partial charge is 0.476 e. The Labute approximate surface area is 169 Å². The Balaban J connectivity index is 1.65. The van der Waals surface area contributed by atoms with Crippen molar-refractivity contribution < 1.29 is 22.8 Å². The van der Waals surface area contributed by atoms with Gasteiger partial charge < -0.3 is 23.3 Å². The number of halogens is 1. The number of hydrogen-bond donors (Lipinski definition) is 1. The van der Waals surface area contributed by atoms with Crippen LogP contribution in [-0.4, -0.2) is 12.5 Å². The van der Waals surface area contributed by atoms with Crippen molar-refractivity contribution in [3.8, 4) is 17.3 Å². The van der Waals surface area contributed by atoms with Crippen molar-refractivity contribution in [1.29, 1.82) is 0 Å². The number of fused-ring (bicyclic) bond motifs is 1. The summed E-state index contributed by atoms with van der Waals surface area (Å²) in [5.74, 6) is 0.467. The predicted octanol–water partition coefficient (Wildman–Crippen LogP) is 4.30. The van der Waals surface area contributed by atoms with Gasteiger partial charge in [-0.05, 0) is 48.9 Å². The van der Waals surface area contributed by atoms with Crippen LogP contribution in [-0.2, 0) is 11.3 Å². The number of rotatable bonds is 6. The maximum absolute atomic E-state index is 13.0. The molecule has 8 heteroatoms. The van der Waals surface area contributed by atoms with E-state index in [1.165, 1.54) is 18.6 Å². The minimum atomic E-state index is -0.446. The molecule has 1 N–H and O–H groups in total. The summed E-state index contributed by atoms with van der Waals surface area (Å²) in [7, 11) is 0. The highest BCUT2D eigenvalue weighted by Gasteiger charge is 2.21. The summed E-state index contributed by atoms with van der Waals surface area (Å²) >= 11 is 6.16. The molecule has 0 radical (unpaired) electrons. The quantitative estimate of drug-likeness (QED) is 0.506. The molecule has 0 atom stereocenters. The molecule has 1 amide bonds. The number of aryl methyl sites for hydroxylation is 1. The summed E-state index contributed by atoms with van der Waals surface area (Å²) < 4.78 is 22.0. The minimum Gasteiger partial charge on any atom is -0.476 e. The molecule has 0 saturated carbocycles. The molecule has 0 aliphatic carbocycles. The summed E-state index contributed by atoms with van der Waals surface area (Å²) in [4.78, 5) is 25.2. The third kappa shape index (κ3) is 3.90. The Kier molecular flexibility index (Phi) is 5.14. The van der Waals surface area contributed by atoms with Gasteiger partial charge in [0.25, 0.3) is 5.91 Å². The molecule has 4 aromatic rings. The average Bonchev–Trinajstić information content (AvgIpc) is 3.41. The van der Waals surface area contributed by atoms with E-state index in [4.69, 9.17) is 29.6 Å². The topological polar surface area (TPSA) is 94.8 Å². The van der Waals surface area contributed by atoms with Crippen LogP contribution in [0.3, 0.4) is 0 Å². The summed E-state index contributed by atoms with van der Waals surface area (Å²) in [5, 5.41) is 3.33. The van der Waals surface area contributed by atoms with Crippen LogP contribution in [0.2, 0.25) is 5.02 Å². The van der Waals surface area contributed by atoms with Crippen molar-refractivity contribution in [1.82, 2.24) is 5.32 Å². The molecule has 0 spiro atoms. The van der Waals surface area contributed by atoms with E-state index in [0.717, 1.165) is 5.56 Å². The molecule has 0 bridgehead atoms. The molecule has 0 aliphatic heterocycles. The van der Waals surface area contributed by atoms with Gasteiger partial charge in [0.2, 0.25) is 16.9 Å². The van der Waals surface area contributed by atoms with Gasteiger partial charge in [0.05, 0.1) is 24.5 Å². The summed E-state index contributed by atoms with van der Waals surface area (Å²) in [5.41, 5.74) is 0.662. The fourth-order valence-corrected chi connectivity index (χ4v) is 2.95. The first-order chi connectivity index (χ1) is 14.0. The van der Waals surface area contributed by atoms with Crippen LogP contribution < -0.4 is 15.5 Å². The molecule has 4 rings (SSSR count). The Morgan fingerprint density at radius 3 is 2.69 bits per heavy atom. The lowest BCUT2D eigenvalue weighted by Gasteiger charge is -2.11. The third-order valence-corrected chi connectivity index (χ3v) is 4.67. The standard InChI is InChI=1S/C21H16ClNO6/c1-12-8-17-14(9-15(12)22)19(25)21(20(29-17)16-5-3-7-27-16)28-11-18(24)23-10-13-4-2-6-26-13/h2-9H,10-11H2,1H3,(H,23,24). The molecule has 0 fully saturated rings. The molecule has 29 heavy (non-hydrogen) atoms. The molecule has 7 nitrogen and oxygen atoms in total. The molecule has 3 heterocycles. The summed E-state index contributed by atoms with van der Waals surface area (Å²) in [6.45, 7) is 1.63. The monoisotopic (exact) mass is 413 g/mol. The maximum atomic E-state index is 13.0. The van der Waals surface area contributed by atoms with E-state index < -0.39 is 11.3 Å². The van der Waals surface area contributed by atoms with Crippen molar-refractivity contribution in [2.45, 2.75) is 13.5 Å². The van der Waals surface area contributed by atoms with Crippen molar-refractivity contribution >= 4 is 28.5 Å². The van der Waals surface area contributed by atoms with E-state index in [-0.39, 0.29) is 30.0 Å². The molecule has 0 aliphatic rings. The Morgan fingerprint density at radius 1 is 1.17 bits per heavy atom. The van der Waals surface area contributed by atoms with E-state index in [1.807, 2.05) is 6.92 Å². The second-order valence-corrected chi connectivity index (χ2v) is 6.72. The first-order valence-electron chi connectivity index (χ1n) is 8.75. The zero-order chi connectivity index (χ0) is 20.4. The Hall–Kier alpha value is -3.45. The fraction of sp³-hybridized carbons (Fsp3) is 0.143. The highest BCUT2D eigenvalue weighted by molar-refractivity contribution is 6.32. The van der Waals surface area contributed by atoms with Crippen LogP contribution in [0.15, 0.2) is 67.0 Å². The fourth-order valence-electron chi connectivity index (χ4n) is 2.79. The Morgan fingerprint density at radius 2 is 1.97 bits per heavy atom. The lowest BCUT2D eigenvalue weighted by Crippen LogP contribution is -2.29. The third-order valence-electron chi connectivity index (χ3n) is 4.26. The van der Waals surface area contributed by atoms with Crippen LogP contribution in [0.25, 0.3) is 22.5 Å². The van der Waals surface area contributed by atoms with Crippen LogP contribution >= 0.6 is 11.6 Å². The molecule has 3 aromatic heterocycles. The van der Waals surface area contributed by atoms with Gasteiger partial charge in [0.15, 0.2) is 12.4 Å². The molecular weight excluding hydrogens is 398 g/mol. The van der Waals surface area contributed by atoms with Crippen molar-refractivity contribution in [3.05, 3.63) is 75.5 Å². The lowest BCUT2D eigenvalue weighted by molar-refractivity contribution is -0.123. The molecule has 148 valence electrons. The van der Waals surface area contributed by atoms with Gasteiger partial charge in [-0.25, -0.2) is 0 Å². The minimum absolute atomic E-state index is 0.105. The van der Waals surface area contributed by atoms with Gasteiger partial charge in [-0.1, -0.05) is 11.6 Å². The second kappa shape index (κ2) is 7.89. The van der Waals surface area contributed by atoms with Gasteiger partial charge in [-0.3, -0.25) is 9.59 Å². The van der Waals surface area contributed by atoms with E-state index >= 15 is 0 Å². The van der Waals surface area contributed by atoms with Gasteiger partial charge in [0.1, 0.15) is 11.3 Å². The average molecular weight is 414 g/mol. The molecule has 1 aromatic carbocycles. The number of hydrogen-bond acceptors (Lipinski definition) is 6. The highest BCUT2D eigenvalue weighted by Crippen LogP contribution is 2.32. The number of carbonyl (C=O) groups excluding carboxylic acids is 1. The van der Waals surface area contributed by atoms with E-state index in [2.05, 4.69) is 5.32 Å². The molecular formula is C21H16ClNO6. The second-order valence-electron chi connectivity index (χ2n) is 6.31. The van der Waals surface area contributed by atoms with E-state index in [0.29, 0.717) is 22.1 Å². The Bertz CT molecular complexity index is 1210. The van der Waals surface area contributed by atoms with Crippen LogP contribution in [0.5, 0.6) is 5.75 Å². The first kappa shape index (κ1) is 18.9. The first-order valence-corrected chi connectivity index (χ1v) is 9.13. The smallest absolute Gasteiger partial charge is 0.258 e. The zero-order valence-corrected chi connectivity index (χ0v) is 16.1. The van der Waals surface area contributed by atoms with Gasteiger partial charge in [-0.15, -0.1) is 0 Å². The predicted molar refractivity (Wildman–Crippen MR) is 106 cm³/mol. The number of amides is 1. The normalized spacial score (nSPS) is 11.0. The molecule has 0 unspecified atom stereocenters. The zero-order valence-electron chi connectivity index (χ0n) is 15.4. The van der Waals surface area contributed by atoms with Crippen molar-refractivity contribution in [3.63, 3.8) is 0 Å². The lowest BCUT2D eigenvalue weighted by atomic mass is 10.1. The summed E-state index contributed by atoms with van der Waals surface area (Å²) in [6.07, 6.45) is 2.97. The summed E-state index contributed by atoms with van der Waals surface area (Å²) in [6, 6.07) is 9.95. The van der Waals surface area contributed by atoms with Crippen molar-refractivity contribution in [2.24, 2.45) is 0 Å². The van der Waals surface area contributed by atoms with E-state index in [9.17, 15) is 9.59 Å². The van der Waals surface area contributed by atoms with Crippen LogP contribution in [0.4, 0.5) is 0 Å². The number of furan rings is 2. The number of benzene rings is 1. The SMILES string of the molecule is Cc1cc2oc(-c3ccco3)c(OCC(=O)NCc3ccco3)c(=O)c2cc1Cl. The van der Waals surface area contributed by atoms with Gasteiger partial charge in [-0.2, -0.15) is 0 Å². The van der Waals surface area contributed by atoms with Crippen LogP contribution in [0, 0.1) is 6.92 Å². The highest BCUT2D eigenvalue weighted by atomic mass is 35.5. The van der Waals surface area contributed by atoms with Crippen molar-refractivity contribution in [2.75, 3.05) is 6.61 Å². The maximum Gasteiger partial charge on any atom is 0.258 e. The van der Waals surface area contributed by atoms with Crippen LogP contribution in [0.1, 0.15) is 11.3 Å². The number of nitrogens with one attached hydrogen (secondary N) is 1. The number of ether oxygens (including phenoxy) is 1. The molecule has 0 saturated heterocycles. The van der Waals surface area contributed by atoms with Gasteiger partial charge >= 0.3 is 0 Å². The number of carbonyl (C=O) groups is 1.